The summed E-state index contributed by atoms with van der Waals surface area (Å²) in [5, 5.41) is 5.03. The lowest BCUT2D eigenvalue weighted by Crippen LogP contribution is -2.12. The molecule has 6 heteroatoms. The van der Waals surface area contributed by atoms with E-state index in [0.29, 0.717) is 22.1 Å². The van der Waals surface area contributed by atoms with Crippen LogP contribution < -0.4 is 10.1 Å². The number of hydrogen-bond acceptors (Lipinski definition) is 4. The van der Waals surface area contributed by atoms with Crippen molar-refractivity contribution in [2.24, 2.45) is 0 Å². The third kappa shape index (κ3) is 3.37. The van der Waals surface area contributed by atoms with Crippen LogP contribution in [-0.4, -0.2) is 18.0 Å². The Bertz CT molecular complexity index is 831. The minimum absolute atomic E-state index is 0.289. The fraction of sp³-hybridized carbons (Fsp3) is 0.0588. The van der Waals surface area contributed by atoms with E-state index < -0.39 is 0 Å². The average Bonchev–Trinajstić information content (AvgIpc) is 3.04. The van der Waals surface area contributed by atoms with Crippen LogP contribution in [0.1, 0.15) is 10.4 Å². The molecule has 0 radical (unpaired) electrons. The molecule has 0 unspecified atom stereocenters. The van der Waals surface area contributed by atoms with Gasteiger partial charge in [0.05, 0.1) is 18.4 Å². The van der Waals surface area contributed by atoms with E-state index in [1.54, 1.807) is 36.4 Å². The zero-order valence-electron chi connectivity index (χ0n) is 12.2. The maximum Gasteiger partial charge on any atom is 0.261 e. The number of rotatable bonds is 4. The molecule has 3 rings (SSSR count). The Morgan fingerprint density at radius 2 is 1.91 bits per heavy atom. The minimum Gasteiger partial charge on any atom is -0.496 e. The lowest BCUT2D eigenvalue weighted by Gasteiger charge is -2.07. The van der Waals surface area contributed by atoms with Gasteiger partial charge in [0.1, 0.15) is 11.6 Å². The van der Waals surface area contributed by atoms with Gasteiger partial charge in [-0.25, -0.2) is 9.37 Å². The van der Waals surface area contributed by atoms with E-state index in [2.05, 4.69) is 10.3 Å². The van der Waals surface area contributed by atoms with Crippen LogP contribution in [0.2, 0.25) is 0 Å². The molecule has 1 N–H and O–H groups in total. The molecule has 0 atom stereocenters. The number of carbonyl (C=O) groups excluding carboxylic acids is 1. The monoisotopic (exact) mass is 328 g/mol. The van der Waals surface area contributed by atoms with E-state index in [9.17, 15) is 9.18 Å². The van der Waals surface area contributed by atoms with Crippen molar-refractivity contribution in [3.63, 3.8) is 0 Å². The van der Waals surface area contributed by atoms with Crippen LogP contribution in [-0.2, 0) is 0 Å². The van der Waals surface area contributed by atoms with Gasteiger partial charge in [-0.05, 0) is 36.4 Å². The number of nitrogens with one attached hydrogen (secondary N) is 1. The molecule has 4 nitrogen and oxygen atoms in total. The normalized spacial score (nSPS) is 10.3. The minimum atomic E-state index is -0.298. The summed E-state index contributed by atoms with van der Waals surface area (Å²) in [4.78, 5) is 16.7. The highest BCUT2D eigenvalue weighted by Gasteiger charge is 2.13. The van der Waals surface area contributed by atoms with E-state index in [0.717, 1.165) is 5.56 Å². The van der Waals surface area contributed by atoms with Crippen molar-refractivity contribution in [3.05, 3.63) is 65.3 Å². The van der Waals surface area contributed by atoms with E-state index in [1.165, 1.54) is 30.6 Å². The largest absolute Gasteiger partial charge is 0.496 e. The first-order valence-electron chi connectivity index (χ1n) is 6.83. The molecular weight excluding hydrogens is 315 g/mol. The summed E-state index contributed by atoms with van der Waals surface area (Å²) in [6.07, 6.45) is 0. The van der Waals surface area contributed by atoms with Gasteiger partial charge < -0.3 is 4.74 Å². The first-order valence-corrected chi connectivity index (χ1v) is 7.71. The van der Waals surface area contributed by atoms with Gasteiger partial charge in [0.25, 0.3) is 5.91 Å². The van der Waals surface area contributed by atoms with E-state index in [4.69, 9.17) is 4.74 Å². The molecule has 0 aliphatic carbocycles. The van der Waals surface area contributed by atoms with Crippen molar-refractivity contribution in [2.75, 3.05) is 12.4 Å². The molecule has 23 heavy (non-hydrogen) atoms. The van der Waals surface area contributed by atoms with Crippen molar-refractivity contribution in [2.45, 2.75) is 0 Å². The Morgan fingerprint density at radius 1 is 1.17 bits per heavy atom. The Balaban J connectivity index is 1.79. The van der Waals surface area contributed by atoms with Gasteiger partial charge in [-0.3, -0.25) is 10.1 Å². The summed E-state index contributed by atoms with van der Waals surface area (Å²) < 4.78 is 18.1. The molecule has 3 aromatic rings. The highest BCUT2D eigenvalue weighted by Crippen LogP contribution is 2.26. The zero-order chi connectivity index (χ0) is 16.2. The molecule has 0 fully saturated rings. The number of nitrogens with zero attached hydrogens (tertiary/aromatic N) is 1. The number of hydrogen-bond donors (Lipinski definition) is 1. The van der Waals surface area contributed by atoms with Crippen LogP contribution in [0.15, 0.2) is 53.9 Å². The molecule has 116 valence electrons. The Kier molecular flexibility index (Phi) is 4.34. The summed E-state index contributed by atoms with van der Waals surface area (Å²) >= 11 is 1.31. The summed E-state index contributed by atoms with van der Waals surface area (Å²) in [6, 6.07) is 13.0. The van der Waals surface area contributed by atoms with Gasteiger partial charge in [-0.2, -0.15) is 0 Å². The standard InChI is InChI=1S/C17H13FN2O2S/c1-22-15-5-3-2-4-13(15)16(21)20-17-19-14(10-23-17)11-6-8-12(18)9-7-11/h2-10H,1H3,(H,19,20,21). The molecule has 1 heterocycles. The molecule has 1 amide bonds. The van der Waals surface area contributed by atoms with Gasteiger partial charge in [0.15, 0.2) is 5.13 Å². The summed E-state index contributed by atoms with van der Waals surface area (Å²) in [5.41, 5.74) is 1.92. The van der Waals surface area contributed by atoms with Crippen LogP contribution in [0.4, 0.5) is 9.52 Å². The lowest BCUT2D eigenvalue weighted by atomic mass is 10.2. The second-order valence-corrected chi connectivity index (χ2v) is 5.56. The molecule has 0 saturated heterocycles. The molecule has 0 aliphatic heterocycles. The van der Waals surface area contributed by atoms with Crippen LogP contribution in [0.5, 0.6) is 5.75 Å². The number of anilines is 1. The van der Waals surface area contributed by atoms with Gasteiger partial charge >= 0.3 is 0 Å². The van der Waals surface area contributed by atoms with Crippen molar-refractivity contribution in [1.29, 1.82) is 0 Å². The van der Waals surface area contributed by atoms with Crippen molar-refractivity contribution in [1.82, 2.24) is 4.98 Å². The second kappa shape index (κ2) is 6.58. The maximum atomic E-state index is 13.0. The van der Waals surface area contributed by atoms with Gasteiger partial charge in [-0.1, -0.05) is 12.1 Å². The van der Waals surface area contributed by atoms with Crippen LogP contribution in [0, 0.1) is 5.82 Å². The predicted molar refractivity (Wildman–Crippen MR) is 88.5 cm³/mol. The van der Waals surface area contributed by atoms with Crippen LogP contribution >= 0.6 is 11.3 Å². The number of methoxy groups -OCH3 is 1. The number of para-hydroxylation sites is 1. The van der Waals surface area contributed by atoms with E-state index in [-0.39, 0.29) is 11.7 Å². The van der Waals surface area contributed by atoms with Gasteiger partial charge in [0, 0.05) is 10.9 Å². The Labute approximate surface area is 136 Å². The third-order valence-electron chi connectivity index (χ3n) is 3.22. The number of thiazole rings is 1. The number of halogens is 1. The number of benzene rings is 2. The number of aromatic nitrogens is 1. The molecule has 0 spiro atoms. The van der Waals surface area contributed by atoms with Crippen molar-refractivity contribution >= 4 is 22.4 Å². The molecule has 2 aromatic carbocycles. The number of amides is 1. The Morgan fingerprint density at radius 3 is 2.65 bits per heavy atom. The first kappa shape index (κ1) is 15.2. The maximum absolute atomic E-state index is 13.0. The first-order chi connectivity index (χ1) is 11.2. The zero-order valence-corrected chi connectivity index (χ0v) is 13.1. The predicted octanol–water partition coefficient (Wildman–Crippen LogP) is 4.21. The van der Waals surface area contributed by atoms with E-state index >= 15 is 0 Å². The Hall–Kier alpha value is -2.73. The molecule has 0 aliphatic rings. The third-order valence-corrected chi connectivity index (χ3v) is 3.97. The highest BCUT2D eigenvalue weighted by atomic mass is 32.1. The number of ether oxygens (including phenoxy) is 1. The fourth-order valence-electron chi connectivity index (χ4n) is 2.08. The van der Waals surface area contributed by atoms with Crippen molar-refractivity contribution in [3.8, 4) is 17.0 Å². The molecule has 0 bridgehead atoms. The number of carbonyl (C=O) groups is 1. The summed E-state index contributed by atoms with van der Waals surface area (Å²) in [6.45, 7) is 0. The SMILES string of the molecule is COc1ccccc1C(=O)Nc1nc(-c2ccc(F)cc2)cs1. The molecule has 0 saturated carbocycles. The summed E-state index contributed by atoms with van der Waals surface area (Å²) in [5.74, 6) is -0.0866. The molecular formula is C17H13FN2O2S. The van der Waals surface area contributed by atoms with Crippen LogP contribution in [0.25, 0.3) is 11.3 Å². The summed E-state index contributed by atoms with van der Waals surface area (Å²) in [7, 11) is 1.52. The fourth-order valence-corrected chi connectivity index (χ4v) is 2.80. The quantitative estimate of drug-likeness (QED) is 0.780. The second-order valence-electron chi connectivity index (χ2n) is 4.70. The van der Waals surface area contributed by atoms with Crippen LogP contribution in [0.3, 0.4) is 0 Å². The van der Waals surface area contributed by atoms with Gasteiger partial charge in [0.2, 0.25) is 0 Å². The smallest absolute Gasteiger partial charge is 0.261 e. The van der Waals surface area contributed by atoms with Crippen molar-refractivity contribution < 1.29 is 13.9 Å². The lowest BCUT2D eigenvalue weighted by molar-refractivity contribution is 0.102. The highest BCUT2D eigenvalue weighted by molar-refractivity contribution is 7.14. The van der Waals surface area contributed by atoms with E-state index in [1.807, 2.05) is 5.38 Å². The van der Waals surface area contributed by atoms with Gasteiger partial charge in [-0.15, -0.1) is 11.3 Å². The average molecular weight is 328 g/mol. The topological polar surface area (TPSA) is 51.2 Å². The molecule has 1 aromatic heterocycles.